The summed E-state index contributed by atoms with van der Waals surface area (Å²) in [6, 6.07) is 7.14. The Morgan fingerprint density at radius 2 is 2.05 bits per heavy atom. The third kappa shape index (κ3) is 2.29. The van der Waals surface area contributed by atoms with Gasteiger partial charge in [0, 0.05) is 0 Å². The fourth-order valence-electron chi connectivity index (χ4n) is 2.71. The quantitative estimate of drug-likeness (QED) is 0.927. The fourth-order valence-corrected chi connectivity index (χ4v) is 2.71. The first-order chi connectivity index (χ1) is 9.65. The van der Waals surface area contributed by atoms with E-state index in [1.807, 2.05) is 6.07 Å². The Morgan fingerprint density at radius 1 is 1.25 bits per heavy atom. The van der Waals surface area contributed by atoms with Crippen molar-refractivity contribution >= 4 is 5.97 Å². The molecule has 4 nitrogen and oxygen atoms in total. The highest BCUT2D eigenvalue weighted by Crippen LogP contribution is 2.33. The van der Waals surface area contributed by atoms with Gasteiger partial charge in [0.1, 0.15) is 18.1 Å². The summed E-state index contributed by atoms with van der Waals surface area (Å²) >= 11 is 0. The van der Waals surface area contributed by atoms with Crippen LogP contribution in [0.5, 0.6) is 5.75 Å². The SMILES string of the molecule is Cc1ccc(OCc2ccc(C(=O)O)o2)c2c1CCC2. The lowest BCUT2D eigenvalue weighted by molar-refractivity contribution is 0.0658. The van der Waals surface area contributed by atoms with E-state index >= 15 is 0 Å². The second-order valence-electron chi connectivity index (χ2n) is 5.05. The van der Waals surface area contributed by atoms with Gasteiger partial charge in [-0.15, -0.1) is 0 Å². The molecule has 1 aliphatic rings. The summed E-state index contributed by atoms with van der Waals surface area (Å²) < 4.78 is 11.0. The fraction of sp³-hybridized carbons (Fsp3) is 0.312. The van der Waals surface area contributed by atoms with E-state index in [-0.39, 0.29) is 12.4 Å². The average molecular weight is 272 g/mol. The zero-order chi connectivity index (χ0) is 14.1. The summed E-state index contributed by atoms with van der Waals surface area (Å²) in [6.07, 6.45) is 3.33. The van der Waals surface area contributed by atoms with Gasteiger partial charge in [-0.1, -0.05) is 6.07 Å². The third-order valence-corrected chi connectivity index (χ3v) is 3.72. The van der Waals surface area contributed by atoms with Gasteiger partial charge < -0.3 is 14.3 Å². The van der Waals surface area contributed by atoms with Crippen molar-refractivity contribution in [3.63, 3.8) is 0 Å². The Labute approximate surface area is 117 Å². The van der Waals surface area contributed by atoms with Crippen molar-refractivity contribution in [3.05, 3.63) is 52.5 Å². The molecule has 0 unspecified atom stereocenters. The van der Waals surface area contributed by atoms with Crippen LogP contribution in [-0.4, -0.2) is 11.1 Å². The van der Waals surface area contributed by atoms with Crippen molar-refractivity contribution in [2.24, 2.45) is 0 Å². The van der Waals surface area contributed by atoms with E-state index in [1.54, 1.807) is 6.07 Å². The summed E-state index contributed by atoms with van der Waals surface area (Å²) in [5.74, 6) is 0.288. The standard InChI is InChI=1S/C16H16O4/c1-10-5-7-14(13-4-2-3-12(10)13)19-9-11-6-8-15(20-11)16(17)18/h5-8H,2-4,9H2,1H3,(H,17,18). The number of rotatable bonds is 4. The maximum atomic E-state index is 10.7. The number of carboxylic acid groups (broad SMARTS) is 1. The highest BCUT2D eigenvalue weighted by Gasteiger charge is 2.18. The average Bonchev–Trinajstić information content (AvgIpc) is 3.07. The van der Waals surface area contributed by atoms with Crippen molar-refractivity contribution in [2.45, 2.75) is 32.8 Å². The molecule has 0 fully saturated rings. The molecule has 0 atom stereocenters. The molecule has 1 heterocycles. The number of ether oxygens (including phenoxy) is 1. The van der Waals surface area contributed by atoms with Crippen LogP contribution >= 0.6 is 0 Å². The van der Waals surface area contributed by atoms with E-state index in [0.29, 0.717) is 5.76 Å². The molecule has 1 aromatic carbocycles. The van der Waals surface area contributed by atoms with Crippen molar-refractivity contribution in [2.75, 3.05) is 0 Å². The lowest BCUT2D eigenvalue weighted by Gasteiger charge is -2.11. The predicted octanol–water partition coefficient (Wildman–Crippen LogP) is 3.35. The maximum absolute atomic E-state index is 10.7. The molecule has 0 spiro atoms. The van der Waals surface area contributed by atoms with Crippen LogP contribution in [-0.2, 0) is 19.4 Å². The van der Waals surface area contributed by atoms with E-state index in [0.717, 1.165) is 18.6 Å². The number of furan rings is 1. The second-order valence-corrected chi connectivity index (χ2v) is 5.05. The summed E-state index contributed by atoms with van der Waals surface area (Å²) in [5.41, 5.74) is 4.00. The summed E-state index contributed by atoms with van der Waals surface area (Å²) in [7, 11) is 0. The van der Waals surface area contributed by atoms with Crippen LogP contribution < -0.4 is 4.74 Å². The van der Waals surface area contributed by atoms with E-state index in [1.165, 1.54) is 29.2 Å². The summed E-state index contributed by atoms with van der Waals surface area (Å²) in [4.78, 5) is 10.7. The highest BCUT2D eigenvalue weighted by atomic mass is 16.5. The smallest absolute Gasteiger partial charge is 0.371 e. The molecule has 1 aliphatic carbocycles. The highest BCUT2D eigenvalue weighted by molar-refractivity contribution is 5.84. The van der Waals surface area contributed by atoms with E-state index < -0.39 is 5.97 Å². The Bertz CT molecular complexity index is 654. The third-order valence-electron chi connectivity index (χ3n) is 3.72. The molecule has 0 bridgehead atoms. The van der Waals surface area contributed by atoms with Gasteiger partial charge in [0.05, 0.1) is 0 Å². The normalized spacial score (nSPS) is 13.2. The minimum absolute atomic E-state index is 0.0577. The molecule has 0 saturated heterocycles. The van der Waals surface area contributed by atoms with Gasteiger partial charge in [0.15, 0.2) is 0 Å². The van der Waals surface area contributed by atoms with Gasteiger partial charge in [-0.3, -0.25) is 0 Å². The maximum Gasteiger partial charge on any atom is 0.371 e. The Kier molecular flexibility index (Phi) is 3.22. The van der Waals surface area contributed by atoms with E-state index in [9.17, 15) is 4.79 Å². The molecule has 1 N–H and O–H groups in total. The molecule has 4 heteroatoms. The lowest BCUT2D eigenvalue weighted by atomic mass is 10.0. The van der Waals surface area contributed by atoms with Gasteiger partial charge in [-0.05, 0) is 61.1 Å². The van der Waals surface area contributed by atoms with Crippen LogP contribution in [0.25, 0.3) is 0 Å². The first kappa shape index (κ1) is 12.8. The van der Waals surface area contributed by atoms with Crippen LogP contribution in [0.4, 0.5) is 0 Å². The largest absolute Gasteiger partial charge is 0.485 e. The molecule has 1 aromatic heterocycles. The summed E-state index contributed by atoms with van der Waals surface area (Å²) in [5, 5.41) is 8.81. The Morgan fingerprint density at radius 3 is 2.80 bits per heavy atom. The van der Waals surface area contributed by atoms with Crippen LogP contribution in [0, 0.1) is 6.92 Å². The molecule has 104 valence electrons. The topological polar surface area (TPSA) is 59.7 Å². The zero-order valence-electron chi connectivity index (χ0n) is 11.3. The van der Waals surface area contributed by atoms with Crippen LogP contribution in [0.2, 0.25) is 0 Å². The van der Waals surface area contributed by atoms with Crippen LogP contribution in [0.15, 0.2) is 28.7 Å². The second kappa shape index (κ2) is 5.04. The van der Waals surface area contributed by atoms with E-state index in [2.05, 4.69) is 13.0 Å². The first-order valence-corrected chi connectivity index (χ1v) is 6.71. The predicted molar refractivity (Wildman–Crippen MR) is 73.2 cm³/mol. The number of fused-ring (bicyclic) bond motifs is 1. The van der Waals surface area contributed by atoms with Crippen LogP contribution in [0.3, 0.4) is 0 Å². The van der Waals surface area contributed by atoms with Crippen molar-refractivity contribution in [1.82, 2.24) is 0 Å². The van der Waals surface area contributed by atoms with Gasteiger partial charge in [0.25, 0.3) is 0 Å². The minimum atomic E-state index is -1.06. The number of hydrogen-bond acceptors (Lipinski definition) is 3. The van der Waals surface area contributed by atoms with Crippen molar-refractivity contribution in [1.29, 1.82) is 0 Å². The zero-order valence-corrected chi connectivity index (χ0v) is 11.3. The number of hydrogen-bond donors (Lipinski definition) is 1. The number of benzene rings is 1. The molecule has 3 rings (SSSR count). The Balaban J connectivity index is 1.75. The number of aromatic carboxylic acids is 1. The number of aryl methyl sites for hydroxylation is 1. The molecule has 0 aliphatic heterocycles. The molecular formula is C16H16O4. The molecule has 20 heavy (non-hydrogen) atoms. The Hall–Kier alpha value is -2.23. The lowest BCUT2D eigenvalue weighted by Crippen LogP contribution is -1.99. The minimum Gasteiger partial charge on any atom is -0.485 e. The molecule has 0 radical (unpaired) electrons. The van der Waals surface area contributed by atoms with Gasteiger partial charge in [0.2, 0.25) is 5.76 Å². The van der Waals surface area contributed by atoms with Crippen molar-refractivity contribution in [3.8, 4) is 5.75 Å². The number of carbonyl (C=O) groups is 1. The van der Waals surface area contributed by atoms with Gasteiger partial charge in [-0.2, -0.15) is 0 Å². The van der Waals surface area contributed by atoms with E-state index in [4.69, 9.17) is 14.3 Å². The van der Waals surface area contributed by atoms with Crippen LogP contribution in [0.1, 0.15) is 39.4 Å². The number of carboxylic acids is 1. The monoisotopic (exact) mass is 272 g/mol. The first-order valence-electron chi connectivity index (χ1n) is 6.71. The molecule has 0 amide bonds. The van der Waals surface area contributed by atoms with Gasteiger partial charge in [-0.25, -0.2) is 4.79 Å². The van der Waals surface area contributed by atoms with Crippen molar-refractivity contribution < 1.29 is 19.1 Å². The van der Waals surface area contributed by atoms with Gasteiger partial charge >= 0.3 is 5.97 Å². The summed E-state index contributed by atoms with van der Waals surface area (Å²) in [6.45, 7) is 2.38. The molecule has 2 aromatic rings. The molecule has 0 saturated carbocycles. The molecular weight excluding hydrogens is 256 g/mol.